The summed E-state index contributed by atoms with van der Waals surface area (Å²) >= 11 is 7.33. The van der Waals surface area contributed by atoms with Crippen molar-refractivity contribution in [2.75, 3.05) is 23.3 Å². The molecule has 2 aromatic heterocycles. The van der Waals surface area contributed by atoms with Crippen LogP contribution < -0.4 is 10.2 Å². The predicted octanol–water partition coefficient (Wildman–Crippen LogP) is 6.45. The average Bonchev–Trinajstić information content (AvgIpc) is 3.45. The topological polar surface area (TPSA) is 95.4 Å². The van der Waals surface area contributed by atoms with Crippen molar-refractivity contribution >= 4 is 45.8 Å². The summed E-state index contributed by atoms with van der Waals surface area (Å²) in [7, 11) is 0. The van der Waals surface area contributed by atoms with Crippen LogP contribution in [0.1, 0.15) is 36.2 Å². The lowest BCUT2D eigenvalue weighted by molar-refractivity contribution is -0.142. The first-order valence-electron chi connectivity index (χ1n) is 11.6. The van der Waals surface area contributed by atoms with Gasteiger partial charge in [-0.25, -0.2) is 14.4 Å². The Morgan fingerprint density at radius 2 is 2.03 bits per heavy atom. The van der Waals surface area contributed by atoms with Crippen molar-refractivity contribution in [1.29, 1.82) is 0 Å². The van der Waals surface area contributed by atoms with Gasteiger partial charge in [0.1, 0.15) is 11.6 Å². The van der Waals surface area contributed by atoms with Gasteiger partial charge in [0.2, 0.25) is 0 Å². The first-order valence-corrected chi connectivity index (χ1v) is 12.9. The molecule has 1 amide bonds. The van der Waals surface area contributed by atoms with Crippen molar-refractivity contribution in [2.24, 2.45) is 17.8 Å². The number of anilines is 2. The zero-order chi connectivity index (χ0) is 27.8. The highest BCUT2D eigenvalue weighted by Crippen LogP contribution is 2.37. The molecule has 1 fully saturated rings. The summed E-state index contributed by atoms with van der Waals surface area (Å²) in [5.41, 5.74) is -1.71. The molecule has 0 aliphatic carbocycles. The van der Waals surface area contributed by atoms with Crippen LogP contribution in [0.3, 0.4) is 0 Å². The van der Waals surface area contributed by atoms with Gasteiger partial charge < -0.3 is 10.0 Å². The molecule has 0 spiro atoms. The fourth-order valence-electron chi connectivity index (χ4n) is 4.53. The Balaban J connectivity index is 1.48. The predicted molar refractivity (Wildman–Crippen MR) is 136 cm³/mol. The Morgan fingerprint density at radius 3 is 2.66 bits per heavy atom. The molecule has 3 heterocycles. The van der Waals surface area contributed by atoms with Crippen LogP contribution in [0, 0.1) is 23.6 Å². The summed E-state index contributed by atoms with van der Waals surface area (Å²) in [5.74, 6) is -2.87. The Kier molecular flexibility index (Phi) is 7.93. The number of aliphatic carboxylic acids is 1. The fourth-order valence-corrected chi connectivity index (χ4v) is 5.52. The van der Waals surface area contributed by atoms with Crippen LogP contribution in [0.5, 0.6) is 0 Å². The number of amides is 1. The summed E-state index contributed by atoms with van der Waals surface area (Å²) in [6, 6.07) is 4.29. The molecule has 38 heavy (non-hydrogen) atoms. The summed E-state index contributed by atoms with van der Waals surface area (Å²) in [5, 5.41) is 13.7. The number of nitrogens with one attached hydrogen (secondary N) is 1. The number of aromatic nitrogens is 2. The normalized spacial score (nSPS) is 17.7. The maximum atomic E-state index is 14.5. The number of rotatable bonds is 7. The van der Waals surface area contributed by atoms with Crippen molar-refractivity contribution in [1.82, 2.24) is 9.97 Å². The maximum absolute atomic E-state index is 14.5. The molecule has 2 atom stereocenters. The molecule has 202 valence electrons. The summed E-state index contributed by atoms with van der Waals surface area (Å²) in [4.78, 5) is 34.6. The molecule has 1 aliphatic heterocycles. The molecule has 1 aromatic carbocycles. The van der Waals surface area contributed by atoms with Crippen molar-refractivity contribution in [3.05, 3.63) is 57.8 Å². The lowest BCUT2D eigenvalue weighted by atomic mass is 9.88. The number of nitrogens with zero attached hydrogens (tertiary/aromatic N) is 3. The van der Waals surface area contributed by atoms with Crippen LogP contribution in [0.25, 0.3) is 11.3 Å². The second-order valence-corrected chi connectivity index (χ2v) is 10.7. The number of thiazole rings is 1. The number of hydrogen-bond donors (Lipinski definition) is 2. The molecule has 0 radical (unpaired) electrons. The quantitative estimate of drug-likeness (QED) is 0.317. The van der Waals surface area contributed by atoms with Crippen molar-refractivity contribution < 1.29 is 32.3 Å². The van der Waals surface area contributed by atoms with Gasteiger partial charge in [0.15, 0.2) is 5.13 Å². The minimum Gasteiger partial charge on any atom is -0.481 e. The molecule has 0 unspecified atom stereocenters. The van der Waals surface area contributed by atoms with Crippen LogP contribution >= 0.6 is 22.9 Å². The van der Waals surface area contributed by atoms with E-state index in [1.807, 2.05) is 13.8 Å². The molecule has 2 N–H and O–H groups in total. The van der Waals surface area contributed by atoms with E-state index in [-0.39, 0.29) is 39.4 Å². The van der Waals surface area contributed by atoms with Crippen molar-refractivity contribution in [3.8, 4) is 11.3 Å². The lowest BCUT2D eigenvalue weighted by Gasteiger charge is -2.19. The Bertz CT molecular complexity index is 1360. The first kappa shape index (κ1) is 27.8. The fraction of sp³-hybridized carbons (Fsp3) is 0.360. The van der Waals surface area contributed by atoms with Gasteiger partial charge in [-0.3, -0.25) is 14.9 Å². The molecule has 7 nitrogen and oxygen atoms in total. The third-order valence-corrected chi connectivity index (χ3v) is 7.26. The van der Waals surface area contributed by atoms with Gasteiger partial charge in [0.05, 0.1) is 27.8 Å². The van der Waals surface area contributed by atoms with Crippen LogP contribution in [-0.4, -0.2) is 40.0 Å². The van der Waals surface area contributed by atoms with Crippen LogP contribution in [0.4, 0.5) is 28.5 Å². The molecule has 3 aromatic rings. The zero-order valence-electron chi connectivity index (χ0n) is 20.2. The second kappa shape index (κ2) is 10.9. The van der Waals surface area contributed by atoms with E-state index in [1.165, 1.54) is 23.7 Å². The standard InChI is InChI=1S/C25H23ClF4N4O3S/c1-12(2)6-14-9-34(10-16(14)23(36)37)21-18(26)7-13(8-31-21)22(35)33-24-32-19(11-38-24)15-4-3-5-17(20(15)27)25(28,29)30/h3-5,7-8,11-12,14,16H,6,9-10H2,1-2H3,(H,36,37)(H,32,33,35)/t14-,16+/m1/s1. The van der Waals surface area contributed by atoms with E-state index in [0.717, 1.165) is 23.8 Å². The summed E-state index contributed by atoms with van der Waals surface area (Å²) in [6.07, 6.45) is -2.82. The molecule has 4 rings (SSSR count). The van der Waals surface area contributed by atoms with Crippen LogP contribution in [-0.2, 0) is 11.0 Å². The van der Waals surface area contributed by atoms with Gasteiger partial charge in [-0.05, 0) is 36.5 Å². The molecule has 0 bridgehead atoms. The van der Waals surface area contributed by atoms with Crippen LogP contribution in [0.2, 0.25) is 5.02 Å². The highest BCUT2D eigenvalue weighted by Gasteiger charge is 2.39. The molecule has 1 aliphatic rings. The van der Waals surface area contributed by atoms with E-state index in [1.54, 1.807) is 4.90 Å². The number of halogens is 5. The van der Waals surface area contributed by atoms with E-state index in [9.17, 15) is 32.3 Å². The van der Waals surface area contributed by atoms with Gasteiger partial charge in [0, 0.05) is 30.2 Å². The molecule has 0 saturated carbocycles. The number of carbonyl (C=O) groups excluding carboxylic acids is 1. The van der Waals surface area contributed by atoms with Gasteiger partial charge in [-0.2, -0.15) is 13.2 Å². The molecule has 1 saturated heterocycles. The third kappa shape index (κ3) is 5.91. The Labute approximate surface area is 224 Å². The Morgan fingerprint density at radius 1 is 1.29 bits per heavy atom. The highest BCUT2D eigenvalue weighted by molar-refractivity contribution is 7.14. The van der Waals surface area contributed by atoms with Crippen LogP contribution in [0.15, 0.2) is 35.8 Å². The highest BCUT2D eigenvalue weighted by atomic mass is 35.5. The van der Waals surface area contributed by atoms with Gasteiger partial charge in [-0.1, -0.05) is 31.5 Å². The van der Waals surface area contributed by atoms with E-state index in [4.69, 9.17) is 11.6 Å². The summed E-state index contributed by atoms with van der Waals surface area (Å²) < 4.78 is 53.6. The number of pyridine rings is 1. The zero-order valence-corrected chi connectivity index (χ0v) is 21.8. The number of carboxylic acids is 1. The minimum atomic E-state index is -4.86. The average molecular weight is 571 g/mol. The molecular weight excluding hydrogens is 548 g/mol. The van der Waals surface area contributed by atoms with Gasteiger partial charge >= 0.3 is 12.1 Å². The summed E-state index contributed by atoms with van der Waals surface area (Å²) in [6.45, 7) is 4.78. The first-order chi connectivity index (χ1) is 17.8. The van der Waals surface area contributed by atoms with E-state index >= 15 is 0 Å². The van der Waals surface area contributed by atoms with E-state index in [0.29, 0.717) is 24.3 Å². The largest absolute Gasteiger partial charge is 0.481 e. The molecule has 13 heteroatoms. The third-order valence-electron chi connectivity index (χ3n) is 6.22. The Hall–Kier alpha value is -3.25. The number of hydrogen-bond acceptors (Lipinski definition) is 6. The van der Waals surface area contributed by atoms with Crippen molar-refractivity contribution in [2.45, 2.75) is 26.4 Å². The molecular formula is C25H23ClF4N4O3S. The number of alkyl halides is 3. The van der Waals surface area contributed by atoms with Crippen molar-refractivity contribution in [3.63, 3.8) is 0 Å². The number of carboxylic acid groups (broad SMARTS) is 1. The SMILES string of the molecule is CC(C)C[C@@H]1CN(c2ncc(C(=O)Nc3nc(-c4cccc(C(F)(F)F)c4F)cs3)cc2Cl)C[C@@H]1C(=O)O. The smallest absolute Gasteiger partial charge is 0.419 e. The van der Waals surface area contributed by atoms with E-state index < -0.39 is 35.4 Å². The lowest BCUT2D eigenvalue weighted by Crippen LogP contribution is -2.24. The number of carbonyl (C=O) groups is 2. The minimum absolute atomic E-state index is 0.0439. The number of benzene rings is 1. The van der Waals surface area contributed by atoms with Gasteiger partial charge in [-0.15, -0.1) is 11.3 Å². The van der Waals surface area contributed by atoms with E-state index in [2.05, 4.69) is 15.3 Å². The maximum Gasteiger partial charge on any atom is 0.419 e. The monoisotopic (exact) mass is 570 g/mol. The second-order valence-electron chi connectivity index (χ2n) is 9.43. The van der Waals surface area contributed by atoms with Gasteiger partial charge in [0.25, 0.3) is 5.91 Å².